The SMILES string of the molecule is C=CCOP(=O)(OCC=C)Oc1ccccc1. The van der Waals surface area contributed by atoms with Crippen LogP contribution in [0.2, 0.25) is 0 Å². The molecule has 0 saturated heterocycles. The molecule has 0 atom stereocenters. The van der Waals surface area contributed by atoms with Gasteiger partial charge in [0.1, 0.15) is 5.75 Å². The van der Waals surface area contributed by atoms with Crippen LogP contribution in [0, 0.1) is 0 Å². The zero-order chi connectivity index (χ0) is 12.6. The van der Waals surface area contributed by atoms with Crippen molar-refractivity contribution in [3.05, 3.63) is 55.6 Å². The van der Waals surface area contributed by atoms with Crippen molar-refractivity contribution in [2.75, 3.05) is 13.2 Å². The van der Waals surface area contributed by atoms with Crippen LogP contribution in [-0.4, -0.2) is 13.2 Å². The summed E-state index contributed by atoms with van der Waals surface area (Å²) >= 11 is 0. The summed E-state index contributed by atoms with van der Waals surface area (Å²) in [7, 11) is -3.62. The highest BCUT2D eigenvalue weighted by atomic mass is 31.2. The molecule has 0 saturated carbocycles. The Labute approximate surface area is 101 Å². The fourth-order valence-corrected chi connectivity index (χ4v) is 2.12. The second-order valence-electron chi connectivity index (χ2n) is 3.02. The van der Waals surface area contributed by atoms with Crippen LogP contribution in [0.1, 0.15) is 0 Å². The molecule has 17 heavy (non-hydrogen) atoms. The Morgan fingerprint density at radius 2 is 1.59 bits per heavy atom. The summed E-state index contributed by atoms with van der Waals surface area (Å²) in [5.74, 6) is 0.420. The van der Waals surface area contributed by atoms with Gasteiger partial charge in [0.15, 0.2) is 0 Å². The van der Waals surface area contributed by atoms with Crippen molar-refractivity contribution >= 4 is 7.82 Å². The number of rotatable bonds is 8. The topological polar surface area (TPSA) is 44.8 Å². The summed E-state index contributed by atoms with van der Waals surface area (Å²) in [6, 6.07) is 8.69. The maximum atomic E-state index is 12.1. The zero-order valence-electron chi connectivity index (χ0n) is 9.45. The van der Waals surface area contributed by atoms with E-state index in [2.05, 4.69) is 13.2 Å². The highest BCUT2D eigenvalue weighted by Gasteiger charge is 2.27. The monoisotopic (exact) mass is 254 g/mol. The third-order valence-electron chi connectivity index (χ3n) is 1.66. The van der Waals surface area contributed by atoms with Gasteiger partial charge in [-0.2, -0.15) is 0 Å². The number of phosphoric ester groups is 1. The molecule has 0 heterocycles. The quantitative estimate of drug-likeness (QED) is 0.525. The lowest BCUT2D eigenvalue weighted by Gasteiger charge is -2.16. The van der Waals surface area contributed by atoms with E-state index in [9.17, 15) is 4.57 Å². The first-order valence-corrected chi connectivity index (χ1v) is 6.52. The first kappa shape index (κ1) is 13.7. The van der Waals surface area contributed by atoms with E-state index in [1.807, 2.05) is 6.07 Å². The van der Waals surface area contributed by atoms with Gasteiger partial charge in [-0.15, -0.1) is 13.2 Å². The molecule has 0 aliphatic rings. The minimum Gasteiger partial charge on any atom is -0.404 e. The second kappa shape index (κ2) is 7.07. The number of phosphoric acid groups is 1. The number of hydrogen-bond acceptors (Lipinski definition) is 4. The van der Waals surface area contributed by atoms with Crippen molar-refractivity contribution in [3.8, 4) is 5.75 Å². The second-order valence-corrected chi connectivity index (χ2v) is 4.61. The maximum absolute atomic E-state index is 12.1. The molecular formula is C12H15O4P. The van der Waals surface area contributed by atoms with Crippen molar-refractivity contribution in [2.24, 2.45) is 0 Å². The lowest BCUT2D eigenvalue weighted by Crippen LogP contribution is -2.02. The largest absolute Gasteiger partial charge is 0.530 e. The predicted molar refractivity (Wildman–Crippen MR) is 67.0 cm³/mol. The van der Waals surface area contributed by atoms with E-state index >= 15 is 0 Å². The molecule has 1 rings (SSSR count). The molecule has 0 unspecified atom stereocenters. The Morgan fingerprint density at radius 1 is 1.06 bits per heavy atom. The highest BCUT2D eigenvalue weighted by molar-refractivity contribution is 7.48. The molecule has 0 bridgehead atoms. The Balaban J connectivity index is 2.72. The summed E-state index contributed by atoms with van der Waals surface area (Å²) in [6.07, 6.45) is 2.94. The van der Waals surface area contributed by atoms with Gasteiger partial charge in [-0.3, -0.25) is 9.05 Å². The van der Waals surface area contributed by atoms with Crippen LogP contribution in [0.5, 0.6) is 5.75 Å². The van der Waals surface area contributed by atoms with E-state index in [4.69, 9.17) is 13.6 Å². The van der Waals surface area contributed by atoms with E-state index in [1.54, 1.807) is 24.3 Å². The molecule has 4 nitrogen and oxygen atoms in total. The van der Waals surface area contributed by atoms with Crippen LogP contribution in [0.25, 0.3) is 0 Å². The third-order valence-corrected chi connectivity index (χ3v) is 3.03. The van der Waals surface area contributed by atoms with Crippen LogP contribution < -0.4 is 4.52 Å². The van der Waals surface area contributed by atoms with E-state index in [-0.39, 0.29) is 13.2 Å². The molecule has 0 radical (unpaired) electrons. The first-order valence-electron chi connectivity index (χ1n) is 5.06. The zero-order valence-corrected chi connectivity index (χ0v) is 10.3. The summed E-state index contributed by atoms with van der Waals surface area (Å²) in [5.41, 5.74) is 0. The average Bonchev–Trinajstić information content (AvgIpc) is 2.35. The van der Waals surface area contributed by atoms with Crippen LogP contribution in [0.15, 0.2) is 55.6 Å². The lowest BCUT2D eigenvalue weighted by molar-refractivity contribution is 0.181. The van der Waals surface area contributed by atoms with Gasteiger partial charge in [0.05, 0.1) is 13.2 Å². The Morgan fingerprint density at radius 3 is 2.06 bits per heavy atom. The van der Waals surface area contributed by atoms with E-state index in [1.165, 1.54) is 12.2 Å². The van der Waals surface area contributed by atoms with Gasteiger partial charge in [0, 0.05) is 0 Å². The Hall–Kier alpha value is -1.35. The van der Waals surface area contributed by atoms with Gasteiger partial charge in [-0.25, -0.2) is 4.57 Å². The molecule has 0 fully saturated rings. The van der Waals surface area contributed by atoms with E-state index in [0.29, 0.717) is 5.75 Å². The normalized spacial score (nSPS) is 10.8. The molecule has 0 spiro atoms. The van der Waals surface area contributed by atoms with Crippen LogP contribution in [-0.2, 0) is 13.6 Å². The summed E-state index contributed by atoms with van der Waals surface area (Å²) in [4.78, 5) is 0. The van der Waals surface area contributed by atoms with Crippen molar-refractivity contribution < 1.29 is 18.1 Å². The van der Waals surface area contributed by atoms with Crippen LogP contribution >= 0.6 is 7.82 Å². The van der Waals surface area contributed by atoms with Crippen molar-refractivity contribution in [3.63, 3.8) is 0 Å². The number of benzene rings is 1. The van der Waals surface area contributed by atoms with Gasteiger partial charge < -0.3 is 4.52 Å². The van der Waals surface area contributed by atoms with Crippen molar-refractivity contribution in [2.45, 2.75) is 0 Å². The van der Waals surface area contributed by atoms with Gasteiger partial charge in [0.2, 0.25) is 0 Å². The van der Waals surface area contributed by atoms with E-state index in [0.717, 1.165) is 0 Å². The molecule has 1 aromatic rings. The molecule has 0 N–H and O–H groups in total. The molecule has 0 aliphatic carbocycles. The number of hydrogen-bond donors (Lipinski definition) is 0. The molecule has 0 amide bonds. The molecule has 1 aromatic carbocycles. The third kappa shape index (κ3) is 5.00. The molecule has 0 aromatic heterocycles. The Kier molecular flexibility index (Phi) is 5.70. The minimum atomic E-state index is -3.62. The van der Waals surface area contributed by atoms with Gasteiger partial charge >= 0.3 is 7.82 Å². The predicted octanol–water partition coefficient (Wildman–Crippen LogP) is 3.58. The molecule has 92 valence electrons. The van der Waals surface area contributed by atoms with Gasteiger partial charge in [-0.05, 0) is 12.1 Å². The van der Waals surface area contributed by atoms with E-state index < -0.39 is 7.82 Å². The molecule has 0 aliphatic heterocycles. The van der Waals surface area contributed by atoms with Crippen LogP contribution in [0.4, 0.5) is 0 Å². The lowest BCUT2D eigenvalue weighted by atomic mass is 10.3. The van der Waals surface area contributed by atoms with Crippen LogP contribution in [0.3, 0.4) is 0 Å². The summed E-state index contributed by atoms with van der Waals surface area (Å²) in [5, 5.41) is 0. The standard InChI is InChI=1S/C12H15O4P/c1-3-10-14-17(13,15-11-4-2)16-12-8-6-5-7-9-12/h3-9H,1-2,10-11H2. The summed E-state index contributed by atoms with van der Waals surface area (Å²) in [6.45, 7) is 7.12. The van der Waals surface area contributed by atoms with Crippen molar-refractivity contribution in [1.29, 1.82) is 0 Å². The summed E-state index contributed by atoms with van der Waals surface area (Å²) < 4.78 is 27.4. The molecule has 5 heteroatoms. The van der Waals surface area contributed by atoms with Gasteiger partial charge in [-0.1, -0.05) is 30.4 Å². The Bertz CT molecular complexity index is 386. The fraction of sp³-hybridized carbons (Fsp3) is 0.167. The first-order chi connectivity index (χ1) is 8.20. The average molecular weight is 254 g/mol. The molecular weight excluding hydrogens is 239 g/mol. The fourth-order valence-electron chi connectivity index (χ4n) is 0.988. The smallest absolute Gasteiger partial charge is 0.404 e. The highest BCUT2D eigenvalue weighted by Crippen LogP contribution is 2.49. The minimum absolute atomic E-state index is 0.0846. The van der Waals surface area contributed by atoms with Gasteiger partial charge in [0.25, 0.3) is 0 Å². The number of para-hydroxylation sites is 1. The maximum Gasteiger partial charge on any atom is 0.530 e. The van der Waals surface area contributed by atoms with Crippen molar-refractivity contribution in [1.82, 2.24) is 0 Å².